The SMILES string of the molecule is Cc1cccc2c1OCC(CN1CCC(C)CC1)C2N. The Kier molecular flexibility index (Phi) is 3.99. The van der Waals surface area contributed by atoms with Crippen LogP contribution in [-0.2, 0) is 0 Å². The molecule has 3 nitrogen and oxygen atoms in total. The average molecular weight is 274 g/mol. The molecule has 2 unspecified atom stereocenters. The fourth-order valence-corrected chi connectivity index (χ4v) is 3.43. The molecule has 0 radical (unpaired) electrons. The third-order valence-corrected chi connectivity index (χ3v) is 4.92. The van der Waals surface area contributed by atoms with Gasteiger partial charge < -0.3 is 15.4 Å². The van der Waals surface area contributed by atoms with Crippen molar-refractivity contribution in [1.29, 1.82) is 0 Å². The van der Waals surface area contributed by atoms with Gasteiger partial charge in [-0.2, -0.15) is 0 Å². The minimum absolute atomic E-state index is 0.109. The molecule has 2 aliphatic heterocycles. The molecule has 1 aromatic carbocycles. The summed E-state index contributed by atoms with van der Waals surface area (Å²) in [4.78, 5) is 2.56. The van der Waals surface area contributed by atoms with Crippen LogP contribution in [0.1, 0.15) is 36.9 Å². The van der Waals surface area contributed by atoms with Crippen molar-refractivity contribution in [3.05, 3.63) is 29.3 Å². The van der Waals surface area contributed by atoms with E-state index in [1.54, 1.807) is 0 Å². The Hall–Kier alpha value is -1.06. The van der Waals surface area contributed by atoms with E-state index in [0.29, 0.717) is 5.92 Å². The van der Waals surface area contributed by atoms with Crippen LogP contribution in [0, 0.1) is 18.8 Å². The highest BCUT2D eigenvalue weighted by molar-refractivity contribution is 5.44. The molecule has 3 rings (SSSR count). The molecule has 0 aromatic heterocycles. The van der Waals surface area contributed by atoms with Gasteiger partial charge in [0.05, 0.1) is 6.61 Å². The maximum absolute atomic E-state index is 6.50. The molecular weight excluding hydrogens is 248 g/mol. The molecule has 0 amide bonds. The Bertz CT molecular complexity index is 466. The monoisotopic (exact) mass is 274 g/mol. The van der Waals surface area contributed by atoms with Crippen molar-refractivity contribution < 1.29 is 4.74 Å². The molecule has 1 fully saturated rings. The predicted octanol–water partition coefficient (Wildman–Crippen LogP) is 2.74. The van der Waals surface area contributed by atoms with Crippen LogP contribution in [0.5, 0.6) is 5.75 Å². The number of hydrogen-bond donors (Lipinski definition) is 1. The molecule has 20 heavy (non-hydrogen) atoms. The summed E-state index contributed by atoms with van der Waals surface area (Å²) >= 11 is 0. The molecule has 110 valence electrons. The number of para-hydroxylation sites is 1. The van der Waals surface area contributed by atoms with E-state index in [4.69, 9.17) is 10.5 Å². The summed E-state index contributed by atoms with van der Waals surface area (Å²) in [7, 11) is 0. The van der Waals surface area contributed by atoms with Crippen molar-refractivity contribution in [1.82, 2.24) is 4.90 Å². The van der Waals surface area contributed by atoms with Crippen LogP contribution in [0.2, 0.25) is 0 Å². The fraction of sp³-hybridized carbons (Fsp3) is 0.647. The highest BCUT2D eigenvalue weighted by atomic mass is 16.5. The van der Waals surface area contributed by atoms with Crippen molar-refractivity contribution in [2.24, 2.45) is 17.6 Å². The van der Waals surface area contributed by atoms with Crippen LogP contribution >= 0.6 is 0 Å². The van der Waals surface area contributed by atoms with Gasteiger partial charge in [0.25, 0.3) is 0 Å². The molecule has 1 aromatic rings. The first kappa shape index (κ1) is 13.9. The van der Waals surface area contributed by atoms with Crippen LogP contribution in [-0.4, -0.2) is 31.1 Å². The minimum Gasteiger partial charge on any atom is -0.493 e. The van der Waals surface area contributed by atoms with Crippen molar-refractivity contribution in [2.75, 3.05) is 26.2 Å². The third-order valence-electron chi connectivity index (χ3n) is 4.92. The summed E-state index contributed by atoms with van der Waals surface area (Å²) in [6.45, 7) is 8.70. The number of rotatable bonds is 2. The lowest BCUT2D eigenvalue weighted by Crippen LogP contribution is -2.43. The van der Waals surface area contributed by atoms with Gasteiger partial charge in [-0.15, -0.1) is 0 Å². The predicted molar refractivity (Wildman–Crippen MR) is 81.9 cm³/mol. The first-order chi connectivity index (χ1) is 9.65. The number of nitrogens with zero attached hydrogens (tertiary/aromatic N) is 1. The maximum Gasteiger partial charge on any atom is 0.126 e. The summed E-state index contributed by atoms with van der Waals surface area (Å²) in [6.07, 6.45) is 2.64. The summed E-state index contributed by atoms with van der Waals surface area (Å²) in [6, 6.07) is 6.41. The zero-order valence-corrected chi connectivity index (χ0v) is 12.6. The van der Waals surface area contributed by atoms with Crippen molar-refractivity contribution in [2.45, 2.75) is 32.7 Å². The number of fused-ring (bicyclic) bond motifs is 1. The van der Waals surface area contributed by atoms with Gasteiger partial charge in [0.2, 0.25) is 0 Å². The van der Waals surface area contributed by atoms with Crippen LogP contribution in [0.3, 0.4) is 0 Å². The second-order valence-corrected chi connectivity index (χ2v) is 6.57. The standard InChI is InChI=1S/C17H26N2O/c1-12-6-8-19(9-7-12)10-14-11-20-17-13(2)4-3-5-15(17)16(14)18/h3-5,12,14,16H,6-11,18H2,1-2H3. The zero-order valence-electron chi connectivity index (χ0n) is 12.6. The fourth-order valence-electron chi connectivity index (χ4n) is 3.43. The highest BCUT2D eigenvalue weighted by Gasteiger charge is 2.31. The number of nitrogens with two attached hydrogens (primary N) is 1. The molecule has 2 aliphatic rings. The molecule has 0 bridgehead atoms. The smallest absolute Gasteiger partial charge is 0.126 e. The lowest BCUT2D eigenvalue weighted by Gasteiger charge is -2.37. The van der Waals surface area contributed by atoms with Gasteiger partial charge in [-0.05, 0) is 44.3 Å². The molecule has 0 spiro atoms. The Morgan fingerprint density at radius 2 is 2.05 bits per heavy atom. The van der Waals surface area contributed by atoms with E-state index in [-0.39, 0.29) is 6.04 Å². The Morgan fingerprint density at radius 1 is 1.30 bits per heavy atom. The van der Waals surface area contributed by atoms with Crippen molar-refractivity contribution >= 4 is 0 Å². The van der Waals surface area contributed by atoms with E-state index in [0.717, 1.165) is 24.8 Å². The largest absolute Gasteiger partial charge is 0.493 e. The second kappa shape index (κ2) is 5.74. The first-order valence-corrected chi connectivity index (χ1v) is 7.85. The van der Waals surface area contributed by atoms with Crippen LogP contribution in [0.4, 0.5) is 0 Å². The number of piperidine rings is 1. The third kappa shape index (κ3) is 2.70. The molecule has 3 heteroatoms. The number of likely N-dealkylation sites (tertiary alicyclic amines) is 1. The van der Waals surface area contributed by atoms with Gasteiger partial charge in [0.15, 0.2) is 0 Å². The second-order valence-electron chi connectivity index (χ2n) is 6.57. The minimum atomic E-state index is 0.109. The number of hydrogen-bond acceptors (Lipinski definition) is 3. The molecule has 1 saturated heterocycles. The number of aryl methyl sites for hydroxylation is 1. The van der Waals surface area contributed by atoms with Crippen molar-refractivity contribution in [3.8, 4) is 5.75 Å². The van der Waals surface area contributed by atoms with Crippen molar-refractivity contribution in [3.63, 3.8) is 0 Å². The lowest BCUT2D eigenvalue weighted by molar-refractivity contribution is 0.113. The quantitative estimate of drug-likeness (QED) is 0.901. The Balaban J connectivity index is 1.68. The van der Waals surface area contributed by atoms with E-state index in [2.05, 4.69) is 36.9 Å². The normalized spacial score (nSPS) is 27.9. The molecule has 2 heterocycles. The van der Waals surface area contributed by atoms with Gasteiger partial charge in [-0.3, -0.25) is 0 Å². The molecule has 2 N–H and O–H groups in total. The number of ether oxygens (including phenoxy) is 1. The molecule has 2 atom stereocenters. The first-order valence-electron chi connectivity index (χ1n) is 7.85. The summed E-state index contributed by atoms with van der Waals surface area (Å²) in [5, 5.41) is 0. The topological polar surface area (TPSA) is 38.5 Å². The summed E-state index contributed by atoms with van der Waals surface area (Å²) in [5.41, 5.74) is 8.88. The van der Waals surface area contributed by atoms with E-state index in [1.807, 2.05) is 0 Å². The van der Waals surface area contributed by atoms with E-state index < -0.39 is 0 Å². The number of benzene rings is 1. The average Bonchev–Trinajstić information content (AvgIpc) is 2.45. The van der Waals surface area contributed by atoms with E-state index in [1.165, 1.54) is 37.1 Å². The highest BCUT2D eigenvalue weighted by Crippen LogP contribution is 2.36. The van der Waals surface area contributed by atoms with Gasteiger partial charge in [0, 0.05) is 24.1 Å². The summed E-state index contributed by atoms with van der Waals surface area (Å²) < 4.78 is 5.99. The zero-order chi connectivity index (χ0) is 14.1. The van der Waals surface area contributed by atoms with E-state index >= 15 is 0 Å². The van der Waals surface area contributed by atoms with Gasteiger partial charge >= 0.3 is 0 Å². The Morgan fingerprint density at radius 3 is 2.80 bits per heavy atom. The molecule has 0 aliphatic carbocycles. The molecular formula is C17H26N2O. The lowest BCUT2D eigenvalue weighted by atomic mass is 9.89. The van der Waals surface area contributed by atoms with Gasteiger partial charge in [0.1, 0.15) is 5.75 Å². The summed E-state index contributed by atoms with van der Waals surface area (Å²) in [5.74, 6) is 2.31. The van der Waals surface area contributed by atoms with E-state index in [9.17, 15) is 0 Å². The Labute approximate surface area is 122 Å². The maximum atomic E-state index is 6.50. The van der Waals surface area contributed by atoms with Gasteiger partial charge in [-0.25, -0.2) is 0 Å². The van der Waals surface area contributed by atoms with Crippen LogP contribution < -0.4 is 10.5 Å². The van der Waals surface area contributed by atoms with Crippen LogP contribution in [0.15, 0.2) is 18.2 Å². The van der Waals surface area contributed by atoms with Gasteiger partial charge in [-0.1, -0.05) is 25.1 Å². The van der Waals surface area contributed by atoms with Crippen LogP contribution in [0.25, 0.3) is 0 Å². The molecule has 0 saturated carbocycles.